The number of hydrogen-bond donors (Lipinski definition) is 1. The van der Waals surface area contributed by atoms with Crippen molar-refractivity contribution in [1.29, 1.82) is 0 Å². The van der Waals surface area contributed by atoms with Crippen LogP contribution in [0.25, 0.3) is 11.3 Å². The Balaban J connectivity index is 1.52. The van der Waals surface area contributed by atoms with Crippen LogP contribution in [0.1, 0.15) is 34.7 Å². The lowest BCUT2D eigenvalue weighted by atomic mass is 10.1. The Morgan fingerprint density at radius 1 is 1.08 bits per heavy atom. The van der Waals surface area contributed by atoms with E-state index in [0.717, 1.165) is 22.6 Å². The van der Waals surface area contributed by atoms with Crippen molar-refractivity contribution in [2.75, 3.05) is 0 Å². The maximum absolute atomic E-state index is 12.0. The quantitative estimate of drug-likeness (QED) is 0.743. The maximum atomic E-state index is 12.0. The number of rotatable bonds is 6. The highest BCUT2D eigenvalue weighted by atomic mass is 16.5. The van der Waals surface area contributed by atoms with E-state index < -0.39 is 0 Å². The molecule has 6 nitrogen and oxygen atoms in total. The molecule has 0 aliphatic carbocycles. The summed E-state index contributed by atoms with van der Waals surface area (Å²) in [5, 5.41) is 10.8. The molecule has 0 unspecified atom stereocenters. The number of benzene rings is 1. The molecule has 3 aromatic rings. The predicted molar refractivity (Wildman–Crippen MR) is 92.8 cm³/mol. The molecule has 0 saturated carbocycles. The summed E-state index contributed by atoms with van der Waals surface area (Å²) in [4.78, 5) is 12.0. The molecule has 3 rings (SSSR count). The molecule has 0 bridgehead atoms. The fraction of sp³-hybridized carbons (Fsp3) is 0.316. The van der Waals surface area contributed by atoms with Gasteiger partial charge in [-0.25, -0.2) is 0 Å². The Hall–Kier alpha value is -2.89. The first-order valence-corrected chi connectivity index (χ1v) is 8.24. The minimum atomic E-state index is -0.0418. The SMILES string of the molecule is Cc1ccc(-c2cc(CNC(=O)CCc3c(C)noc3C)no2)cc1. The summed E-state index contributed by atoms with van der Waals surface area (Å²) in [6, 6.07) is 9.87. The van der Waals surface area contributed by atoms with Crippen LogP contribution in [0.3, 0.4) is 0 Å². The molecule has 0 aliphatic rings. The Kier molecular flexibility index (Phi) is 4.97. The van der Waals surface area contributed by atoms with Crippen molar-refractivity contribution in [1.82, 2.24) is 15.6 Å². The third-order valence-corrected chi connectivity index (χ3v) is 4.14. The van der Waals surface area contributed by atoms with Gasteiger partial charge in [-0.05, 0) is 27.2 Å². The molecule has 0 spiro atoms. The van der Waals surface area contributed by atoms with Gasteiger partial charge in [-0.3, -0.25) is 4.79 Å². The Morgan fingerprint density at radius 2 is 1.84 bits per heavy atom. The molecule has 0 atom stereocenters. The fourth-order valence-corrected chi connectivity index (χ4v) is 2.62. The standard InChI is InChI=1S/C19H21N3O3/c1-12-4-6-15(7-5-12)18-10-16(22-25-18)11-20-19(23)9-8-17-13(2)21-24-14(17)3/h4-7,10H,8-9,11H2,1-3H3,(H,20,23). The molecular weight excluding hydrogens is 318 g/mol. The zero-order valence-corrected chi connectivity index (χ0v) is 14.6. The van der Waals surface area contributed by atoms with Gasteiger partial charge in [-0.2, -0.15) is 0 Å². The number of nitrogens with zero attached hydrogens (tertiary/aromatic N) is 2. The van der Waals surface area contributed by atoms with Crippen molar-refractivity contribution < 1.29 is 13.8 Å². The molecule has 1 N–H and O–H groups in total. The molecule has 0 aliphatic heterocycles. The van der Waals surface area contributed by atoms with Gasteiger partial charge in [0, 0.05) is 23.6 Å². The van der Waals surface area contributed by atoms with Crippen LogP contribution in [0.15, 0.2) is 39.4 Å². The number of amides is 1. The number of nitrogens with one attached hydrogen (secondary N) is 1. The summed E-state index contributed by atoms with van der Waals surface area (Å²) in [6.07, 6.45) is 0.992. The van der Waals surface area contributed by atoms with Crippen molar-refractivity contribution in [2.24, 2.45) is 0 Å². The first kappa shape index (κ1) is 17.0. The second-order valence-electron chi connectivity index (χ2n) is 6.13. The van der Waals surface area contributed by atoms with E-state index in [9.17, 15) is 4.79 Å². The predicted octanol–water partition coefficient (Wildman–Crippen LogP) is 3.50. The molecule has 6 heteroatoms. The van der Waals surface area contributed by atoms with Gasteiger partial charge >= 0.3 is 0 Å². The molecule has 0 fully saturated rings. The van der Waals surface area contributed by atoms with Gasteiger partial charge in [0.25, 0.3) is 0 Å². The lowest BCUT2D eigenvalue weighted by Crippen LogP contribution is -2.23. The molecular formula is C19H21N3O3. The molecule has 1 amide bonds. The molecule has 2 heterocycles. The van der Waals surface area contributed by atoms with Crippen LogP contribution < -0.4 is 5.32 Å². The average Bonchev–Trinajstić information content (AvgIpc) is 3.19. The third kappa shape index (κ3) is 4.15. The number of aryl methyl sites for hydroxylation is 3. The Labute approximate surface area is 146 Å². The van der Waals surface area contributed by atoms with Crippen LogP contribution in [-0.4, -0.2) is 16.2 Å². The van der Waals surface area contributed by atoms with Gasteiger partial charge in [0.2, 0.25) is 5.91 Å². The zero-order chi connectivity index (χ0) is 17.8. The fourth-order valence-electron chi connectivity index (χ4n) is 2.62. The minimum absolute atomic E-state index is 0.0418. The molecule has 25 heavy (non-hydrogen) atoms. The Morgan fingerprint density at radius 3 is 2.52 bits per heavy atom. The van der Waals surface area contributed by atoms with E-state index in [-0.39, 0.29) is 5.91 Å². The van der Waals surface area contributed by atoms with E-state index in [4.69, 9.17) is 9.05 Å². The Bertz CT molecular complexity index is 843. The van der Waals surface area contributed by atoms with Crippen LogP contribution in [0.5, 0.6) is 0 Å². The van der Waals surface area contributed by atoms with Crippen LogP contribution in [0.4, 0.5) is 0 Å². The van der Waals surface area contributed by atoms with Gasteiger partial charge in [-0.1, -0.05) is 40.1 Å². The molecule has 2 aromatic heterocycles. The lowest BCUT2D eigenvalue weighted by Gasteiger charge is -2.02. The molecule has 0 saturated heterocycles. The summed E-state index contributed by atoms with van der Waals surface area (Å²) in [5.74, 6) is 1.42. The summed E-state index contributed by atoms with van der Waals surface area (Å²) in [6.45, 7) is 6.12. The first-order valence-electron chi connectivity index (χ1n) is 8.24. The van der Waals surface area contributed by atoms with Crippen molar-refractivity contribution in [2.45, 2.75) is 40.2 Å². The molecule has 1 aromatic carbocycles. The number of hydrogen-bond acceptors (Lipinski definition) is 5. The normalized spacial score (nSPS) is 10.8. The van der Waals surface area contributed by atoms with Crippen molar-refractivity contribution in [3.63, 3.8) is 0 Å². The lowest BCUT2D eigenvalue weighted by molar-refractivity contribution is -0.121. The van der Waals surface area contributed by atoms with Gasteiger partial charge in [-0.15, -0.1) is 0 Å². The van der Waals surface area contributed by atoms with Crippen molar-refractivity contribution in [3.8, 4) is 11.3 Å². The van der Waals surface area contributed by atoms with Gasteiger partial charge in [0.05, 0.1) is 12.2 Å². The average molecular weight is 339 g/mol. The van der Waals surface area contributed by atoms with E-state index >= 15 is 0 Å². The monoisotopic (exact) mass is 339 g/mol. The van der Waals surface area contributed by atoms with E-state index in [0.29, 0.717) is 30.8 Å². The maximum Gasteiger partial charge on any atom is 0.220 e. The highest BCUT2D eigenvalue weighted by Gasteiger charge is 2.12. The topological polar surface area (TPSA) is 81.2 Å². The third-order valence-electron chi connectivity index (χ3n) is 4.14. The smallest absolute Gasteiger partial charge is 0.220 e. The molecule has 130 valence electrons. The number of aromatic nitrogens is 2. The van der Waals surface area contributed by atoms with Crippen molar-refractivity contribution >= 4 is 5.91 Å². The van der Waals surface area contributed by atoms with E-state index in [1.165, 1.54) is 5.56 Å². The highest BCUT2D eigenvalue weighted by Crippen LogP contribution is 2.20. The largest absolute Gasteiger partial charge is 0.361 e. The van der Waals surface area contributed by atoms with Crippen LogP contribution in [0.2, 0.25) is 0 Å². The van der Waals surface area contributed by atoms with E-state index in [2.05, 4.69) is 15.6 Å². The van der Waals surface area contributed by atoms with E-state index in [1.807, 2.05) is 51.1 Å². The summed E-state index contributed by atoms with van der Waals surface area (Å²) in [7, 11) is 0. The summed E-state index contributed by atoms with van der Waals surface area (Å²) < 4.78 is 10.5. The van der Waals surface area contributed by atoms with Crippen LogP contribution in [-0.2, 0) is 17.8 Å². The minimum Gasteiger partial charge on any atom is -0.361 e. The second kappa shape index (κ2) is 7.34. The second-order valence-corrected chi connectivity index (χ2v) is 6.13. The van der Waals surface area contributed by atoms with Gasteiger partial charge in [0.1, 0.15) is 11.5 Å². The van der Waals surface area contributed by atoms with Crippen LogP contribution >= 0.6 is 0 Å². The van der Waals surface area contributed by atoms with Crippen LogP contribution in [0, 0.1) is 20.8 Å². The van der Waals surface area contributed by atoms with Crippen molar-refractivity contribution in [3.05, 3.63) is 58.6 Å². The molecule has 0 radical (unpaired) electrons. The van der Waals surface area contributed by atoms with E-state index in [1.54, 1.807) is 0 Å². The summed E-state index contributed by atoms with van der Waals surface area (Å²) in [5.41, 5.74) is 4.69. The summed E-state index contributed by atoms with van der Waals surface area (Å²) >= 11 is 0. The first-order chi connectivity index (χ1) is 12.0. The highest BCUT2D eigenvalue weighted by molar-refractivity contribution is 5.76. The van der Waals surface area contributed by atoms with Gasteiger partial charge < -0.3 is 14.4 Å². The number of carbonyl (C=O) groups is 1. The zero-order valence-electron chi connectivity index (χ0n) is 14.6. The van der Waals surface area contributed by atoms with Gasteiger partial charge in [0.15, 0.2) is 5.76 Å². The number of carbonyl (C=O) groups excluding carboxylic acids is 1.